The third-order valence-electron chi connectivity index (χ3n) is 2.45. The van der Waals surface area contributed by atoms with Crippen molar-refractivity contribution in [3.63, 3.8) is 0 Å². The summed E-state index contributed by atoms with van der Waals surface area (Å²) in [4.78, 5) is 0. The monoisotopic (exact) mass is 134 g/mol. The highest BCUT2D eigenvalue weighted by Gasteiger charge is 2.44. The van der Waals surface area contributed by atoms with Crippen LogP contribution in [-0.2, 0) is 0 Å². The molecule has 0 aromatic carbocycles. The van der Waals surface area contributed by atoms with Gasteiger partial charge in [0.25, 0.3) is 5.92 Å². The standard InChI is InChI=1S/C7H12F2/c1-5-3-4-7(8,9)6(5)2/h5-6H,3-4H2,1-2H3/t5-,6-/m0/s1. The van der Waals surface area contributed by atoms with Crippen molar-refractivity contribution in [1.82, 2.24) is 0 Å². The Labute approximate surface area is 54.3 Å². The molecule has 1 rings (SSSR count). The van der Waals surface area contributed by atoms with Crippen LogP contribution >= 0.6 is 0 Å². The van der Waals surface area contributed by atoms with E-state index in [4.69, 9.17) is 0 Å². The van der Waals surface area contributed by atoms with Crippen LogP contribution in [0.4, 0.5) is 8.78 Å². The summed E-state index contributed by atoms with van der Waals surface area (Å²) in [6, 6.07) is 0. The van der Waals surface area contributed by atoms with Crippen molar-refractivity contribution in [2.75, 3.05) is 0 Å². The quantitative estimate of drug-likeness (QED) is 0.477. The minimum absolute atomic E-state index is 0.0926. The van der Waals surface area contributed by atoms with Crippen molar-refractivity contribution in [2.45, 2.75) is 32.6 Å². The van der Waals surface area contributed by atoms with E-state index in [1.54, 1.807) is 6.92 Å². The Kier molecular flexibility index (Phi) is 1.49. The molecular weight excluding hydrogens is 122 g/mol. The van der Waals surface area contributed by atoms with E-state index in [0.717, 1.165) is 0 Å². The van der Waals surface area contributed by atoms with Gasteiger partial charge in [0.05, 0.1) is 0 Å². The molecule has 2 heteroatoms. The Bertz CT molecular complexity index is 109. The van der Waals surface area contributed by atoms with Crippen LogP contribution in [0.3, 0.4) is 0 Å². The van der Waals surface area contributed by atoms with Gasteiger partial charge in [-0.1, -0.05) is 13.8 Å². The maximum absolute atomic E-state index is 12.6. The third-order valence-corrected chi connectivity index (χ3v) is 2.45. The number of halogens is 2. The second-order valence-corrected chi connectivity index (χ2v) is 3.07. The van der Waals surface area contributed by atoms with E-state index in [-0.39, 0.29) is 12.3 Å². The molecule has 0 nitrogen and oxygen atoms in total. The van der Waals surface area contributed by atoms with Crippen LogP contribution in [-0.4, -0.2) is 5.92 Å². The molecule has 0 bridgehead atoms. The van der Waals surface area contributed by atoms with Crippen molar-refractivity contribution >= 4 is 0 Å². The van der Waals surface area contributed by atoms with Crippen molar-refractivity contribution in [1.29, 1.82) is 0 Å². The summed E-state index contributed by atoms with van der Waals surface area (Å²) in [6.45, 7) is 3.53. The Hall–Kier alpha value is -0.140. The molecular formula is C7H12F2. The first-order valence-corrected chi connectivity index (χ1v) is 3.42. The molecule has 54 valence electrons. The summed E-state index contributed by atoms with van der Waals surface area (Å²) in [5.41, 5.74) is 0. The normalized spacial score (nSPS) is 41.3. The zero-order valence-corrected chi connectivity index (χ0v) is 5.82. The van der Waals surface area contributed by atoms with Crippen LogP contribution in [0.2, 0.25) is 0 Å². The third kappa shape index (κ3) is 1.07. The van der Waals surface area contributed by atoms with Gasteiger partial charge >= 0.3 is 0 Å². The maximum Gasteiger partial charge on any atom is 0.250 e. The lowest BCUT2D eigenvalue weighted by molar-refractivity contribution is -0.0371. The lowest BCUT2D eigenvalue weighted by Crippen LogP contribution is -2.21. The summed E-state index contributed by atoms with van der Waals surface area (Å²) >= 11 is 0. The van der Waals surface area contributed by atoms with Crippen molar-refractivity contribution < 1.29 is 8.78 Å². The SMILES string of the molecule is C[C@H]1CCC(F)(F)[C@H]1C. The fourth-order valence-corrected chi connectivity index (χ4v) is 1.31. The zero-order valence-electron chi connectivity index (χ0n) is 5.82. The second kappa shape index (κ2) is 1.93. The van der Waals surface area contributed by atoms with Gasteiger partial charge in [0.15, 0.2) is 0 Å². The molecule has 9 heavy (non-hydrogen) atoms. The highest BCUT2D eigenvalue weighted by atomic mass is 19.3. The van der Waals surface area contributed by atoms with Crippen molar-refractivity contribution in [3.05, 3.63) is 0 Å². The molecule has 0 aliphatic heterocycles. The first kappa shape index (κ1) is 6.97. The van der Waals surface area contributed by atoms with Gasteiger partial charge in [0.2, 0.25) is 0 Å². The van der Waals surface area contributed by atoms with E-state index >= 15 is 0 Å². The molecule has 0 amide bonds. The van der Waals surface area contributed by atoms with Gasteiger partial charge in [0.1, 0.15) is 0 Å². The number of hydrogen-bond acceptors (Lipinski definition) is 0. The molecule has 1 saturated carbocycles. The van der Waals surface area contributed by atoms with Crippen molar-refractivity contribution in [3.8, 4) is 0 Å². The van der Waals surface area contributed by atoms with Gasteiger partial charge < -0.3 is 0 Å². The summed E-state index contributed by atoms with van der Waals surface area (Å²) in [6.07, 6.45) is 0.781. The molecule has 0 heterocycles. The van der Waals surface area contributed by atoms with Crippen LogP contribution in [0.5, 0.6) is 0 Å². The predicted molar refractivity (Wildman–Crippen MR) is 32.5 cm³/mol. The average Bonchev–Trinajstić information content (AvgIpc) is 1.97. The van der Waals surface area contributed by atoms with Gasteiger partial charge in [-0.05, 0) is 12.3 Å². The molecule has 0 aromatic heterocycles. The molecule has 0 aromatic rings. The Balaban J connectivity index is 2.62. The topological polar surface area (TPSA) is 0 Å². The minimum Gasteiger partial charge on any atom is -0.207 e. The van der Waals surface area contributed by atoms with Crippen LogP contribution in [0, 0.1) is 11.8 Å². The predicted octanol–water partition coefficient (Wildman–Crippen LogP) is 2.69. The number of hydrogen-bond donors (Lipinski definition) is 0. The van der Waals surface area contributed by atoms with E-state index in [0.29, 0.717) is 6.42 Å². The van der Waals surface area contributed by atoms with Gasteiger partial charge in [0, 0.05) is 12.3 Å². The highest BCUT2D eigenvalue weighted by Crippen LogP contribution is 2.43. The number of alkyl halides is 2. The molecule has 0 radical (unpaired) electrons. The van der Waals surface area contributed by atoms with E-state index in [1.165, 1.54) is 0 Å². The van der Waals surface area contributed by atoms with E-state index in [1.807, 2.05) is 6.92 Å². The smallest absolute Gasteiger partial charge is 0.207 e. The Morgan fingerprint density at radius 2 is 1.89 bits per heavy atom. The molecule has 1 fully saturated rings. The zero-order chi connectivity index (χ0) is 7.07. The largest absolute Gasteiger partial charge is 0.250 e. The Morgan fingerprint density at radius 1 is 1.33 bits per heavy atom. The fourth-order valence-electron chi connectivity index (χ4n) is 1.31. The van der Waals surface area contributed by atoms with Gasteiger partial charge in [-0.15, -0.1) is 0 Å². The number of rotatable bonds is 0. The van der Waals surface area contributed by atoms with E-state index in [9.17, 15) is 8.78 Å². The first-order chi connectivity index (χ1) is 4.04. The molecule has 0 N–H and O–H groups in total. The van der Waals surface area contributed by atoms with Crippen LogP contribution in [0.1, 0.15) is 26.7 Å². The van der Waals surface area contributed by atoms with Crippen molar-refractivity contribution in [2.24, 2.45) is 11.8 Å². The van der Waals surface area contributed by atoms with Crippen LogP contribution in [0.25, 0.3) is 0 Å². The lowest BCUT2D eigenvalue weighted by atomic mass is 9.99. The van der Waals surface area contributed by atoms with Gasteiger partial charge in [-0.2, -0.15) is 0 Å². The molecule has 0 unspecified atom stereocenters. The summed E-state index contributed by atoms with van der Waals surface area (Å²) in [5, 5.41) is 0. The minimum atomic E-state index is -2.38. The van der Waals surface area contributed by atoms with E-state index in [2.05, 4.69) is 0 Å². The summed E-state index contributed by atoms with van der Waals surface area (Å²) < 4.78 is 25.2. The fraction of sp³-hybridized carbons (Fsp3) is 1.00. The molecule has 1 aliphatic carbocycles. The lowest BCUT2D eigenvalue weighted by Gasteiger charge is -2.16. The molecule has 2 atom stereocenters. The Morgan fingerprint density at radius 3 is 2.00 bits per heavy atom. The van der Waals surface area contributed by atoms with Gasteiger partial charge in [-0.3, -0.25) is 0 Å². The van der Waals surface area contributed by atoms with Crippen LogP contribution in [0.15, 0.2) is 0 Å². The highest BCUT2D eigenvalue weighted by molar-refractivity contribution is 4.85. The molecule has 1 aliphatic rings. The van der Waals surface area contributed by atoms with E-state index < -0.39 is 11.8 Å². The molecule has 0 saturated heterocycles. The second-order valence-electron chi connectivity index (χ2n) is 3.07. The summed E-state index contributed by atoms with van der Waals surface area (Å²) in [5.74, 6) is -2.57. The first-order valence-electron chi connectivity index (χ1n) is 3.42. The van der Waals surface area contributed by atoms with Crippen LogP contribution < -0.4 is 0 Å². The van der Waals surface area contributed by atoms with Gasteiger partial charge in [-0.25, -0.2) is 8.78 Å². The maximum atomic E-state index is 12.6. The summed E-state index contributed by atoms with van der Waals surface area (Å²) in [7, 11) is 0. The molecule has 0 spiro atoms. The average molecular weight is 134 g/mol.